The highest BCUT2D eigenvalue weighted by molar-refractivity contribution is 6.30. The number of allylic oxidation sites excluding steroid dienone is 3. The quantitative estimate of drug-likeness (QED) is 0.343. The molecule has 0 unspecified atom stereocenters. The minimum absolute atomic E-state index is 0.0117. The Morgan fingerprint density at radius 3 is 2.33 bits per heavy atom. The average molecular weight is 550 g/mol. The second-order valence-corrected chi connectivity index (χ2v) is 10.8. The van der Waals surface area contributed by atoms with E-state index >= 15 is 0 Å². The van der Waals surface area contributed by atoms with Crippen LogP contribution >= 0.6 is 11.6 Å². The molecule has 5 rings (SSSR count). The summed E-state index contributed by atoms with van der Waals surface area (Å²) < 4.78 is 16.8. The van der Waals surface area contributed by atoms with Gasteiger partial charge in [-0.25, -0.2) is 4.79 Å². The summed E-state index contributed by atoms with van der Waals surface area (Å²) >= 11 is 6.09. The van der Waals surface area contributed by atoms with Crippen LogP contribution in [0.2, 0.25) is 5.02 Å². The van der Waals surface area contributed by atoms with Crippen LogP contribution in [0.1, 0.15) is 75.3 Å². The monoisotopic (exact) mass is 549 g/mol. The summed E-state index contributed by atoms with van der Waals surface area (Å²) in [6, 6.07) is 12.7. The Labute approximate surface area is 233 Å². The fraction of sp³-hybridized carbons (Fsp3) is 0.387. The molecule has 0 bridgehead atoms. The van der Waals surface area contributed by atoms with Crippen LogP contribution in [0, 0.1) is 0 Å². The van der Waals surface area contributed by atoms with Gasteiger partial charge in [-0.1, -0.05) is 29.8 Å². The van der Waals surface area contributed by atoms with Crippen molar-refractivity contribution in [1.82, 2.24) is 5.32 Å². The van der Waals surface area contributed by atoms with Gasteiger partial charge in [0.25, 0.3) is 0 Å². The number of ketones is 1. The van der Waals surface area contributed by atoms with Crippen molar-refractivity contribution in [2.45, 2.75) is 70.3 Å². The van der Waals surface area contributed by atoms with Crippen LogP contribution in [-0.2, 0) is 19.1 Å². The fourth-order valence-corrected chi connectivity index (χ4v) is 6.06. The molecule has 2 aliphatic carbocycles. The molecule has 2 atom stereocenters. The van der Waals surface area contributed by atoms with Crippen molar-refractivity contribution in [1.29, 1.82) is 0 Å². The van der Waals surface area contributed by atoms with E-state index in [-0.39, 0.29) is 23.6 Å². The third kappa shape index (κ3) is 5.59. The van der Waals surface area contributed by atoms with Crippen molar-refractivity contribution < 1.29 is 28.6 Å². The SMILES string of the molecule is COc1cc([C@H]2C(C(=O)OC3CCCC3)=C(C)NC3=C2C(=O)C[C@@H](c2ccc(Cl)cc2)C3)ccc1OC(C)=O. The lowest BCUT2D eigenvalue weighted by atomic mass is 9.71. The molecule has 2 aromatic carbocycles. The highest BCUT2D eigenvalue weighted by Crippen LogP contribution is 2.47. The van der Waals surface area contributed by atoms with Crippen LogP contribution in [0.4, 0.5) is 0 Å². The normalized spacial score (nSPS) is 21.4. The lowest BCUT2D eigenvalue weighted by Crippen LogP contribution is -2.36. The molecule has 3 aliphatic rings. The Balaban J connectivity index is 1.57. The van der Waals surface area contributed by atoms with Crippen molar-refractivity contribution in [3.05, 3.63) is 81.2 Å². The molecule has 204 valence electrons. The van der Waals surface area contributed by atoms with E-state index in [9.17, 15) is 14.4 Å². The molecule has 0 amide bonds. The van der Waals surface area contributed by atoms with Crippen molar-refractivity contribution >= 4 is 29.3 Å². The first kappa shape index (κ1) is 27.0. The molecule has 1 N–H and O–H groups in total. The van der Waals surface area contributed by atoms with Crippen molar-refractivity contribution in [3.8, 4) is 11.5 Å². The Bertz CT molecular complexity index is 1370. The van der Waals surface area contributed by atoms with E-state index in [1.54, 1.807) is 18.2 Å². The minimum Gasteiger partial charge on any atom is -0.493 e. The molecular weight excluding hydrogens is 518 g/mol. The molecule has 1 saturated carbocycles. The lowest BCUT2D eigenvalue weighted by Gasteiger charge is -2.37. The van der Waals surface area contributed by atoms with Gasteiger partial charge in [0.05, 0.1) is 12.7 Å². The zero-order chi connectivity index (χ0) is 27.7. The van der Waals surface area contributed by atoms with Gasteiger partial charge < -0.3 is 19.5 Å². The zero-order valence-electron chi connectivity index (χ0n) is 22.3. The van der Waals surface area contributed by atoms with Gasteiger partial charge >= 0.3 is 11.9 Å². The maximum Gasteiger partial charge on any atom is 0.337 e. The number of ether oxygens (including phenoxy) is 3. The second-order valence-electron chi connectivity index (χ2n) is 10.4. The molecule has 1 fully saturated rings. The predicted octanol–water partition coefficient (Wildman–Crippen LogP) is 6.12. The van der Waals surface area contributed by atoms with E-state index in [0.717, 1.165) is 36.9 Å². The molecule has 7 nitrogen and oxygen atoms in total. The minimum atomic E-state index is -0.644. The summed E-state index contributed by atoms with van der Waals surface area (Å²) in [5.41, 5.74) is 4.17. The van der Waals surface area contributed by atoms with Crippen LogP contribution in [0.25, 0.3) is 0 Å². The molecule has 2 aromatic rings. The van der Waals surface area contributed by atoms with Crippen LogP contribution in [0.3, 0.4) is 0 Å². The number of rotatable bonds is 6. The van der Waals surface area contributed by atoms with Gasteiger partial charge in [-0.15, -0.1) is 0 Å². The van der Waals surface area contributed by atoms with E-state index in [1.165, 1.54) is 14.0 Å². The fourth-order valence-electron chi connectivity index (χ4n) is 5.94. The predicted molar refractivity (Wildman–Crippen MR) is 147 cm³/mol. The molecule has 0 spiro atoms. The van der Waals surface area contributed by atoms with Crippen LogP contribution in [-0.4, -0.2) is 30.9 Å². The molecule has 8 heteroatoms. The summed E-state index contributed by atoms with van der Waals surface area (Å²) in [6.07, 6.45) is 4.56. The number of nitrogens with one attached hydrogen (secondary N) is 1. The molecule has 0 saturated heterocycles. The number of dihydropyridines is 1. The van der Waals surface area contributed by atoms with E-state index in [2.05, 4.69) is 5.32 Å². The number of methoxy groups -OCH3 is 1. The number of benzene rings is 2. The van der Waals surface area contributed by atoms with Gasteiger partial charge in [-0.05, 0) is 80.3 Å². The maximum absolute atomic E-state index is 13.8. The summed E-state index contributed by atoms with van der Waals surface area (Å²) in [4.78, 5) is 39.1. The molecule has 0 radical (unpaired) electrons. The first-order chi connectivity index (χ1) is 18.7. The van der Waals surface area contributed by atoms with E-state index < -0.39 is 17.9 Å². The zero-order valence-corrected chi connectivity index (χ0v) is 23.1. The standard InChI is InChI=1S/C31H32ClNO6/c1-17-28(31(36)39-23-6-4-5-7-23)29(20-10-13-26(38-18(2)34)27(16-20)37-3)30-24(33-17)14-21(15-25(30)35)19-8-11-22(32)12-9-19/h8-13,16,21,23,29,33H,4-7,14-15H2,1-3H3/t21-,29-/m0/s1. The molecule has 39 heavy (non-hydrogen) atoms. The van der Waals surface area contributed by atoms with Gasteiger partial charge in [0.1, 0.15) is 6.10 Å². The van der Waals surface area contributed by atoms with Gasteiger partial charge in [0, 0.05) is 41.3 Å². The Kier molecular flexibility index (Phi) is 7.80. The largest absolute Gasteiger partial charge is 0.493 e. The van der Waals surface area contributed by atoms with Gasteiger partial charge in [-0.3, -0.25) is 9.59 Å². The number of esters is 2. The van der Waals surface area contributed by atoms with Crippen LogP contribution in [0.5, 0.6) is 11.5 Å². The summed E-state index contributed by atoms with van der Waals surface area (Å²) in [5.74, 6) is -0.969. The van der Waals surface area contributed by atoms with Crippen LogP contribution in [0.15, 0.2) is 65.0 Å². The number of hydrogen-bond acceptors (Lipinski definition) is 7. The number of hydrogen-bond donors (Lipinski definition) is 1. The van der Waals surface area contributed by atoms with Gasteiger partial charge in [-0.2, -0.15) is 0 Å². The Morgan fingerprint density at radius 2 is 1.67 bits per heavy atom. The van der Waals surface area contributed by atoms with E-state index in [0.29, 0.717) is 46.0 Å². The molecule has 0 aromatic heterocycles. The topological polar surface area (TPSA) is 90.9 Å². The van der Waals surface area contributed by atoms with Gasteiger partial charge in [0.2, 0.25) is 0 Å². The van der Waals surface area contributed by atoms with Crippen molar-refractivity contribution in [2.75, 3.05) is 7.11 Å². The van der Waals surface area contributed by atoms with Gasteiger partial charge in [0.15, 0.2) is 17.3 Å². The first-order valence-electron chi connectivity index (χ1n) is 13.3. The molecule has 1 heterocycles. The third-order valence-electron chi connectivity index (χ3n) is 7.74. The Morgan fingerprint density at radius 1 is 0.974 bits per heavy atom. The summed E-state index contributed by atoms with van der Waals surface area (Å²) in [7, 11) is 1.48. The smallest absolute Gasteiger partial charge is 0.337 e. The third-order valence-corrected chi connectivity index (χ3v) is 7.99. The first-order valence-corrected chi connectivity index (χ1v) is 13.7. The average Bonchev–Trinajstić information content (AvgIpc) is 3.41. The van der Waals surface area contributed by atoms with Crippen LogP contribution < -0.4 is 14.8 Å². The lowest BCUT2D eigenvalue weighted by molar-refractivity contribution is -0.144. The van der Waals surface area contributed by atoms with E-state index in [1.807, 2.05) is 31.2 Å². The highest BCUT2D eigenvalue weighted by Gasteiger charge is 2.42. The molecular formula is C31H32ClNO6. The Hall–Kier alpha value is -3.58. The number of Topliss-reactive ketones (excluding diaryl/α,β-unsaturated/α-hetero) is 1. The highest BCUT2D eigenvalue weighted by atomic mass is 35.5. The number of carbonyl (C=O) groups excluding carboxylic acids is 3. The number of halogens is 1. The number of carbonyl (C=O) groups is 3. The van der Waals surface area contributed by atoms with Crippen molar-refractivity contribution in [2.24, 2.45) is 0 Å². The summed E-state index contributed by atoms with van der Waals surface area (Å²) in [5, 5.41) is 4.04. The molecule has 1 aliphatic heterocycles. The summed E-state index contributed by atoms with van der Waals surface area (Å²) in [6.45, 7) is 3.17. The maximum atomic E-state index is 13.8. The van der Waals surface area contributed by atoms with E-state index in [4.69, 9.17) is 25.8 Å². The second kappa shape index (κ2) is 11.3. The van der Waals surface area contributed by atoms with Crippen molar-refractivity contribution in [3.63, 3.8) is 0 Å².